The molecular formula is C23H24FNO5. The standard InChI is InChI=1S/C23H24FNO5/c1-4-28-20-10-16(9-18(11-20)23-14(2)25-30-15(23)3)13-29-19-7-5-17(21(24)12-19)6-8-22(26)27/h5,7,9-12H,4,6,8,13H2,1-3H3,(H,26,27). The molecule has 0 aliphatic rings. The monoisotopic (exact) mass is 413 g/mol. The van der Waals surface area contributed by atoms with Crippen LogP contribution in [0.25, 0.3) is 11.1 Å². The van der Waals surface area contributed by atoms with Crippen molar-refractivity contribution in [3.63, 3.8) is 0 Å². The number of carboxylic acids is 1. The maximum absolute atomic E-state index is 14.2. The molecule has 0 saturated carbocycles. The lowest BCUT2D eigenvalue weighted by Gasteiger charge is -2.12. The summed E-state index contributed by atoms with van der Waals surface area (Å²) in [4.78, 5) is 10.7. The molecule has 0 unspecified atom stereocenters. The highest BCUT2D eigenvalue weighted by molar-refractivity contribution is 5.70. The SMILES string of the molecule is CCOc1cc(COc2ccc(CCC(=O)O)c(F)c2)cc(-c2c(C)noc2C)c1. The number of benzene rings is 2. The number of halogens is 1. The molecule has 0 atom stereocenters. The van der Waals surface area contributed by atoms with Gasteiger partial charge in [-0.05, 0) is 68.1 Å². The molecule has 7 heteroatoms. The minimum atomic E-state index is -0.960. The summed E-state index contributed by atoms with van der Waals surface area (Å²) in [5, 5.41) is 12.8. The summed E-state index contributed by atoms with van der Waals surface area (Å²) >= 11 is 0. The van der Waals surface area contributed by atoms with E-state index in [1.54, 1.807) is 12.1 Å². The van der Waals surface area contributed by atoms with Crippen LogP contribution in [0.4, 0.5) is 4.39 Å². The molecule has 0 aliphatic carbocycles. The molecule has 0 aliphatic heterocycles. The number of rotatable bonds is 9. The number of hydrogen-bond donors (Lipinski definition) is 1. The zero-order chi connectivity index (χ0) is 21.7. The largest absolute Gasteiger partial charge is 0.494 e. The molecule has 0 saturated heterocycles. The zero-order valence-electron chi connectivity index (χ0n) is 17.2. The van der Waals surface area contributed by atoms with E-state index in [1.807, 2.05) is 39.0 Å². The number of carboxylic acid groups (broad SMARTS) is 1. The number of aromatic nitrogens is 1. The van der Waals surface area contributed by atoms with Gasteiger partial charge in [-0.25, -0.2) is 4.39 Å². The van der Waals surface area contributed by atoms with Crippen molar-refractivity contribution in [3.05, 3.63) is 64.8 Å². The van der Waals surface area contributed by atoms with Gasteiger partial charge in [0.15, 0.2) is 0 Å². The van der Waals surface area contributed by atoms with Crippen LogP contribution in [-0.4, -0.2) is 22.8 Å². The van der Waals surface area contributed by atoms with Gasteiger partial charge in [0.05, 0.1) is 12.3 Å². The van der Waals surface area contributed by atoms with E-state index in [0.29, 0.717) is 29.4 Å². The molecule has 3 aromatic rings. The molecule has 0 bridgehead atoms. The van der Waals surface area contributed by atoms with Gasteiger partial charge in [-0.15, -0.1) is 0 Å². The highest BCUT2D eigenvalue weighted by Crippen LogP contribution is 2.31. The lowest BCUT2D eigenvalue weighted by atomic mass is 10.0. The first-order valence-corrected chi connectivity index (χ1v) is 9.70. The fourth-order valence-electron chi connectivity index (χ4n) is 3.26. The second kappa shape index (κ2) is 9.43. The minimum Gasteiger partial charge on any atom is -0.494 e. The Bertz CT molecular complexity index is 1020. The van der Waals surface area contributed by atoms with Gasteiger partial charge in [-0.2, -0.15) is 0 Å². The molecule has 30 heavy (non-hydrogen) atoms. The fraction of sp³-hybridized carbons (Fsp3) is 0.304. The van der Waals surface area contributed by atoms with E-state index in [9.17, 15) is 9.18 Å². The van der Waals surface area contributed by atoms with Crippen molar-refractivity contribution < 1.29 is 28.3 Å². The van der Waals surface area contributed by atoms with Gasteiger partial charge in [0.1, 0.15) is 29.7 Å². The van der Waals surface area contributed by atoms with E-state index >= 15 is 0 Å². The molecule has 1 heterocycles. The Morgan fingerprint density at radius 1 is 1.13 bits per heavy atom. The summed E-state index contributed by atoms with van der Waals surface area (Å²) < 4.78 is 30.9. The van der Waals surface area contributed by atoms with Crippen molar-refractivity contribution in [2.24, 2.45) is 0 Å². The van der Waals surface area contributed by atoms with Gasteiger partial charge in [-0.3, -0.25) is 4.79 Å². The molecule has 0 amide bonds. The first kappa shape index (κ1) is 21.4. The maximum Gasteiger partial charge on any atom is 0.303 e. The van der Waals surface area contributed by atoms with Gasteiger partial charge in [0.2, 0.25) is 0 Å². The summed E-state index contributed by atoms with van der Waals surface area (Å²) in [5.41, 5.74) is 3.81. The first-order chi connectivity index (χ1) is 14.4. The summed E-state index contributed by atoms with van der Waals surface area (Å²) in [7, 11) is 0. The maximum atomic E-state index is 14.2. The van der Waals surface area contributed by atoms with Gasteiger partial charge < -0.3 is 19.1 Å². The Balaban J connectivity index is 1.79. The van der Waals surface area contributed by atoms with Crippen LogP contribution >= 0.6 is 0 Å². The fourth-order valence-corrected chi connectivity index (χ4v) is 3.26. The smallest absolute Gasteiger partial charge is 0.303 e. The van der Waals surface area contributed by atoms with E-state index in [4.69, 9.17) is 19.1 Å². The van der Waals surface area contributed by atoms with E-state index in [2.05, 4.69) is 5.16 Å². The third-order valence-electron chi connectivity index (χ3n) is 4.64. The van der Waals surface area contributed by atoms with Crippen molar-refractivity contribution in [3.8, 4) is 22.6 Å². The second-order valence-corrected chi connectivity index (χ2v) is 6.93. The Morgan fingerprint density at radius 2 is 1.93 bits per heavy atom. The molecule has 1 aromatic heterocycles. The Labute approximate surface area is 174 Å². The van der Waals surface area contributed by atoms with Crippen LogP contribution in [0.1, 0.15) is 35.9 Å². The highest BCUT2D eigenvalue weighted by atomic mass is 19.1. The van der Waals surface area contributed by atoms with Crippen LogP contribution in [0, 0.1) is 19.7 Å². The zero-order valence-corrected chi connectivity index (χ0v) is 17.2. The van der Waals surface area contributed by atoms with Crippen molar-refractivity contribution in [1.29, 1.82) is 0 Å². The Hall–Kier alpha value is -3.35. The summed E-state index contributed by atoms with van der Waals surface area (Å²) in [5.74, 6) is 0.342. The van der Waals surface area contributed by atoms with Crippen LogP contribution in [0.15, 0.2) is 40.9 Å². The van der Waals surface area contributed by atoms with E-state index in [1.165, 1.54) is 6.07 Å². The Morgan fingerprint density at radius 3 is 2.57 bits per heavy atom. The molecule has 158 valence electrons. The van der Waals surface area contributed by atoms with Crippen molar-refractivity contribution in [2.75, 3.05) is 6.61 Å². The van der Waals surface area contributed by atoms with E-state index in [-0.39, 0.29) is 19.4 Å². The van der Waals surface area contributed by atoms with E-state index < -0.39 is 11.8 Å². The van der Waals surface area contributed by atoms with Crippen LogP contribution in [0.5, 0.6) is 11.5 Å². The molecule has 0 spiro atoms. The minimum absolute atomic E-state index is 0.119. The average Bonchev–Trinajstić information content (AvgIpc) is 3.04. The molecule has 0 fully saturated rings. The highest BCUT2D eigenvalue weighted by Gasteiger charge is 2.14. The number of aliphatic carboxylic acids is 1. The topological polar surface area (TPSA) is 81.8 Å². The predicted octanol–water partition coefficient (Wildman–Crippen LogP) is 5.09. The third kappa shape index (κ3) is 5.17. The van der Waals surface area contributed by atoms with Crippen LogP contribution in [0.2, 0.25) is 0 Å². The number of ether oxygens (including phenoxy) is 2. The lowest BCUT2D eigenvalue weighted by Crippen LogP contribution is -2.01. The van der Waals surface area contributed by atoms with E-state index in [0.717, 1.165) is 22.4 Å². The molecule has 2 aromatic carbocycles. The lowest BCUT2D eigenvalue weighted by molar-refractivity contribution is -0.136. The van der Waals surface area contributed by atoms with Crippen LogP contribution in [-0.2, 0) is 17.8 Å². The normalized spacial score (nSPS) is 10.8. The number of nitrogens with zero attached hydrogens (tertiary/aromatic N) is 1. The van der Waals surface area contributed by atoms with Crippen molar-refractivity contribution >= 4 is 5.97 Å². The van der Waals surface area contributed by atoms with Gasteiger partial charge in [-0.1, -0.05) is 11.2 Å². The van der Waals surface area contributed by atoms with Gasteiger partial charge in [0.25, 0.3) is 0 Å². The van der Waals surface area contributed by atoms with Crippen molar-refractivity contribution in [2.45, 2.75) is 40.2 Å². The third-order valence-corrected chi connectivity index (χ3v) is 4.64. The summed E-state index contributed by atoms with van der Waals surface area (Å²) in [6.45, 7) is 6.38. The first-order valence-electron chi connectivity index (χ1n) is 9.70. The average molecular weight is 413 g/mol. The molecule has 3 rings (SSSR count). The Kier molecular flexibility index (Phi) is 6.72. The molecular weight excluding hydrogens is 389 g/mol. The number of aryl methyl sites for hydroxylation is 3. The molecule has 0 radical (unpaired) electrons. The molecule has 1 N–H and O–H groups in total. The number of carbonyl (C=O) groups is 1. The quantitative estimate of drug-likeness (QED) is 0.526. The van der Waals surface area contributed by atoms with Crippen LogP contribution in [0.3, 0.4) is 0 Å². The second-order valence-electron chi connectivity index (χ2n) is 6.93. The van der Waals surface area contributed by atoms with Gasteiger partial charge in [0, 0.05) is 18.1 Å². The summed E-state index contributed by atoms with van der Waals surface area (Å²) in [6, 6.07) is 10.2. The predicted molar refractivity (Wildman–Crippen MR) is 109 cm³/mol. The summed E-state index contributed by atoms with van der Waals surface area (Å²) in [6.07, 6.45) is 0.0183. The van der Waals surface area contributed by atoms with Crippen molar-refractivity contribution in [1.82, 2.24) is 5.16 Å². The van der Waals surface area contributed by atoms with Gasteiger partial charge >= 0.3 is 5.97 Å². The van der Waals surface area contributed by atoms with Crippen LogP contribution < -0.4 is 9.47 Å². The number of hydrogen-bond acceptors (Lipinski definition) is 5. The molecule has 6 nitrogen and oxygen atoms in total.